The topological polar surface area (TPSA) is 58.6 Å². The molecule has 1 aliphatic rings. The minimum atomic E-state index is -3.44. The molecule has 1 N–H and O–H groups in total. The lowest BCUT2D eigenvalue weighted by Crippen LogP contribution is -2.36. The summed E-state index contributed by atoms with van der Waals surface area (Å²) in [5.41, 5.74) is 2.10. The van der Waals surface area contributed by atoms with Crippen LogP contribution in [0.1, 0.15) is 17.4 Å². The van der Waals surface area contributed by atoms with Crippen LogP contribution in [0.5, 0.6) is 0 Å². The molecular formula is C17H22N2O3S2. The number of ether oxygens (including phenoxy) is 1. The average Bonchev–Trinajstić information content (AvgIpc) is 3.11. The van der Waals surface area contributed by atoms with Crippen LogP contribution in [0.3, 0.4) is 0 Å². The standard InChI is InChI=1S/C17H22N2O3S2/c1-2-16-7-8-17(23-16)24(20,21)18-13-14-3-5-15(6-4-14)19-9-11-22-12-10-19/h3-8,18H,2,9-13H2,1H3. The van der Waals surface area contributed by atoms with Crippen molar-refractivity contribution in [3.63, 3.8) is 0 Å². The fraction of sp³-hybridized carbons (Fsp3) is 0.412. The highest BCUT2D eigenvalue weighted by molar-refractivity contribution is 7.91. The number of thiophene rings is 1. The van der Waals surface area contributed by atoms with Crippen LogP contribution in [0.15, 0.2) is 40.6 Å². The van der Waals surface area contributed by atoms with Gasteiger partial charge < -0.3 is 9.64 Å². The van der Waals surface area contributed by atoms with Gasteiger partial charge in [0.15, 0.2) is 0 Å². The Morgan fingerprint density at radius 3 is 2.46 bits per heavy atom. The highest BCUT2D eigenvalue weighted by atomic mass is 32.2. The number of sulfonamides is 1. The van der Waals surface area contributed by atoms with E-state index in [-0.39, 0.29) is 0 Å². The molecule has 2 heterocycles. The van der Waals surface area contributed by atoms with Gasteiger partial charge in [0.1, 0.15) is 4.21 Å². The lowest BCUT2D eigenvalue weighted by Gasteiger charge is -2.28. The highest BCUT2D eigenvalue weighted by Crippen LogP contribution is 2.22. The quantitative estimate of drug-likeness (QED) is 0.854. The maximum atomic E-state index is 12.3. The first-order valence-electron chi connectivity index (χ1n) is 8.08. The van der Waals surface area contributed by atoms with E-state index in [1.54, 1.807) is 6.07 Å². The summed E-state index contributed by atoms with van der Waals surface area (Å²) < 4.78 is 33.1. The second-order valence-corrected chi connectivity index (χ2v) is 8.83. The predicted molar refractivity (Wildman–Crippen MR) is 97.2 cm³/mol. The Bertz CT molecular complexity index is 763. The Kier molecular flexibility index (Phi) is 5.55. The third-order valence-corrected chi connectivity index (χ3v) is 7.15. The van der Waals surface area contributed by atoms with E-state index in [9.17, 15) is 8.42 Å². The molecule has 5 nitrogen and oxygen atoms in total. The van der Waals surface area contributed by atoms with Crippen LogP contribution < -0.4 is 9.62 Å². The number of hydrogen-bond donors (Lipinski definition) is 1. The molecule has 0 aliphatic carbocycles. The molecule has 0 amide bonds. The molecule has 24 heavy (non-hydrogen) atoms. The van der Waals surface area contributed by atoms with Crippen LogP contribution in [0.25, 0.3) is 0 Å². The van der Waals surface area contributed by atoms with Crippen LogP contribution in [0.4, 0.5) is 5.69 Å². The van der Waals surface area contributed by atoms with Crippen LogP contribution in [0, 0.1) is 0 Å². The number of hydrogen-bond acceptors (Lipinski definition) is 5. The smallest absolute Gasteiger partial charge is 0.250 e. The molecule has 0 atom stereocenters. The molecule has 1 fully saturated rings. The van der Waals surface area contributed by atoms with Gasteiger partial charge in [0.2, 0.25) is 10.0 Å². The van der Waals surface area contributed by atoms with Crippen molar-refractivity contribution in [2.24, 2.45) is 0 Å². The Morgan fingerprint density at radius 1 is 1.12 bits per heavy atom. The Balaban J connectivity index is 1.61. The maximum Gasteiger partial charge on any atom is 0.250 e. The number of anilines is 1. The van der Waals surface area contributed by atoms with Crippen molar-refractivity contribution in [1.29, 1.82) is 0 Å². The molecule has 3 rings (SSSR count). The van der Waals surface area contributed by atoms with Gasteiger partial charge in [-0.2, -0.15) is 0 Å². The van der Waals surface area contributed by atoms with Crippen LogP contribution in [-0.2, 0) is 27.7 Å². The van der Waals surface area contributed by atoms with Gasteiger partial charge in [-0.3, -0.25) is 0 Å². The Labute approximate surface area is 147 Å². The summed E-state index contributed by atoms with van der Waals surface area (Å²) in [6.45, 7) is 5.61. The van der Waals surface area contributed by atoms with Gasteiger partial charge in [0.05, 0.1) is 13.2 Å². The zero-order chi connectivity index (χ0) is 17.0. The summed E-state index contributed by atoms with van der Waals surface area (Å²) in [5.74, 6) is 0. The number of morpholine rings is 1. The van der Waals surface area contributed by atoms with Crippen LogP contribution in [-0.4, -0.2) is 34.7 Å². The first kappa shape index (κ1) is 17.4. The van der Waals surface area contributed by atoms with E-state index in [2.05, 4.69) is 9.62 Å². The molecule has 0 radical (unpaired) electrons. The third-order valence-electron chi connectivity index (χ3n) is 4.03. The van der Waals surface area contributed by atoms with E-state index >= 15 is 0 Å². The summed E-state index contributed by atoms with van der Waals surface area (Å²) in [6, 6.07) is 11.6. The molecule has 130 valence electrons. The highest BCUT2D eigenvalue weighted by Gasteiger charge is 2.16. The number of rotatable bonds is 6. The summed E-state index contributed by atoms with van der Waals surface area (Å²) in [4.78, 5) is 3.35. The summed E-state index contributed by atoms with van der Waals surface area (Å²) in [5, 5.41) is 0. The molecule has 2 aromatic rings. The van der Waals surface area contributed by atoms with E-state index in [1.807, 2.05) is 37.3 Å². The molecule has 0 unspecified atom stereocenters. The molecule has 7 heteroatoms. The fourth-order valence-electron chi connectivity index (χ4n) is 2.59. The SMILES string of the molecule is CCc1ccc(S(=O)(=O)NCc2ccc(N3CCOCC3)cc2)s1. The molecule has 0 saturated carbocycles. The van der Waals surface area contributed by atoms with E-state index in [4.69, 9.17) is 4.74 Å². The largest absolute Gasteiger partial charge is 0.378 e. The molecule has 1 aliphatic heterocycles. The number of nitrogens with one attached hydrogen (secondary N) is 1. The molecule has 1 aromatic heterocycles. The third kappa shape index (κ3) is 4.16. The molecule has 1 aromatic carbocycles. The normalized spacial score (nSPS) is 15.6. The average molecular weight is 367 g/mol. The molecule has 0 spiro atoms. The Hall–Kier alpha value is -1.41. The molecular weight excluding hydrogens is 344 g/mol. The fourth-order valence-corrected chi connectivity index (χ4v) is 4.95. The van der Waals surface area contributed by atoms with Crippen LogP contribution >= 0.6 is 11.3 Å². The van der Waals surface area contributed by atoms with Crippen molar-refractivity contribution in [1.82, 2.24) is 4.72 Å². The zero-order valence-corrected chi connectivity index (χ0v) is 15.3. The van der Waals surface area contributed by atoms with Crippen LogP contribution in [0.2, 0.25) is 0 Å². The number of nitrogens with zero attached hydrogens (tertiary/aromatic N) is 1. The summed E-state index contributed by atoms with van der Waals surface area (Å²) in [7, 11) is -3.44. The van der Waals surface area contributed by atoms with Gasteiger partial charge in [-0.25, -0.2) is 13.1 Å². The van der Waals surface area contributed by atoms with Crippen molar-refractivity contribution in [2.45, 2.75) is 24.1 Å². The second kappa shape index (κ2) is 7.65. The van der Waals surface area contributed by atoms with Gasteiger partial charge in [0, 0.05) is 30.2 Å². The van der Waals surface area contributed by atoms with Crippen molar-refractivity contribution < 1.29 is 13.2 Å². The van der Waals surface area contributed by atoms with Gasteiger partial charge in [0.25, 0.3) is 0 Å². The minimum absolute atomic E-state index is 0.297. The van der Waals surface area contributed by atoms with E-state index in [0.29, 0.717) is 10.8 Å². The van der Waals surface area contributed by atoms with E-state index in [0.717, 1.165) is 48.9 Å². The van der Waals surface area contributed by atoms with Gasteiger partial charge >= 0.3 is 0 Å². The summed E-state index contributed by atoms with van der Waals surface area (Å²) >= 11 is 1.33. The molecule has 0 bridgehead atoms. The predicted octanol–water partition coefficient (Wildman–Crippen LogP) is 2.63. The lowest BCUT2D eigenvalue weighted by atomic mass is 10.2. The van der Waals surface area contributed by atoms with Gasteiger partial charge in [-0.1, -0.05) is 19.1 Å². The summed E-state index contributed by atoms with van der Waals surface area (Å²) in [6.07, 6.45) is 0.850. The monoisotopic (exact) mass is 366 g/mol. The first-order valence-corrected chi connectivity index (χ1v) is 10.4. The second-order valence-electron chi connectivity index (χ2n) is 5.66. The number of aryl methyl sites for hydroxylation is 1. The van der Waals surface area contributed by atoms with Crippen molar-refractivity contribution in [3.8, 4) is 0 Å². The first-order chi connectivity index (χ1) is 11.6. The van der Waals surface area contributed by atoms with Crippen molar-refractivity contribution in [3.05, 3.63) is 46.8 Å². The van der Waals surface area contributed by atoms with Gasteiger partial charge in [-0.15, -0.1) is 11.3 Å². The van der Waals surface area contributed by atoms with Gasteiger partial charge in [-0.05, 0) is 36.2 Å². The minimum Gasteiger partial charge on any atom is -0.378 e. The Morgan fingerprint density at radius 2 is 1.83 bits per heavy atom. The molecule has 1 saturated heterocycles. The number of benzene rings is 1. The maximum absolute atomic E-state index is 12.3. The van der Waals surface area contributed by atoms with E-state index < -0.39 is 10.0 Å². The zero-order valence-electron chi connectivity index (χ0n) is 13.7. The van der Waals surface area contributed by atoms with Crippen molar-refractivity contribution in [2.75, 3.05) is 31.2 Å². The van der Waals surface area contributed by atoms with Crippen molar-refractivity contribution >= 4 is 27.0 Å². The van der Waals surface area contributed by atoms with E-state index in [1.165, 1.54) is 11.3 Å². The lowest BCUT2D eigenvalue weighted by molar-refractivity contribution is 0.122.